The Hall–Kier alpha value is -1.03. The van der Waals surface area contributed by atoms with Crippen LogP contribution in [0.5, 0.6) is 0 Å². The van der Waals surface area contributed by atoms with Crippen LogP contribution in [0.3, 0.4) is 0 Å². The van der Waals surface area contributed by atoms with E-state index in [9.17, 15) is 4.79 Å². The molecule has 1 atom stereocenters. The van der Waals surface area contributed by atoms with Crippen molar-refractivity contribution >= 4 is 22.3 Å². The Balaban J connectivity index is 2.31. The van der Waals surface area contributed by atoms with E-state index < -0.39 is 5.60 Å². The Kier molecular flexibility index (Phi) is 3.41. The molecule has 0 bridgehead atoms. The Morgan fingerprint density at radius 1 is 1.44 bits per heavy atom. The molecular formula is C14H21NO2S. The molecule has 4 heteroatoms. The van der Waals surface area contributed by atoms with Crippen LogP contribution in [0.25, 0.3) is 0 Å². The molecule has 0 saturated carbocycles. The Bertz CT molecular complexity index is 471. The van der Waals surface area contributed by atoms with E-state index in [1.54, 1.807) is 11.3 Å². The molecule has 0 radical (unpaired) electrons. The van der Waals surface area contributed by atoms with Gasteiger partial charge in [-0.1, -0.05) is 6.92 Å². The standard InChI is InChI=1S/C14H21NO2S/c1-8-5-6-9-10(7-8)18-12(15)11(9)13(16)17-14(2,3)4/h8H,5-7,15H2,1-4H3/t8-/m1/s1. The highest BCUT2D eigenvalue weighted by atomic mass is 32.1. The summed E-state index contributed by atoms with van der Waals surface area (Å²) in [7, 11) is 0. The second-order valence-corrected chi connectivity index (χ2v) is 7.23. The molecule has 1 aromatic rings. The zero-order chi connectivity index (χ0) is 13.5. The molecule has 0 unspecified atom stereocenters. The Morgan fingerprint density at radius 2 is 2.11 bits per heavy atom. The lowest BCUT2D eigenvalue weighted by Gasteiger charge is -2.22. The Morgan fingerprint density at radius 3 is 2.72 bits per heavy atom. The first-order chi connectivity index (χ1) is 8.28. The first kappa shape index (κ1) is 13.4. The zero-order valence-corrected chi connectivity index (χ0v) is 12.3. The molecule has 3 nitrogen and oxygen atoms in total. The van der Waals surface area contributed by atoms with Gasteiger partial charge in [-0.2, -0.15) is 0 Å². The average molecular weight is 267 g/mol. The van der Waals surface area contributed by atoms with Crippen molar-refractivity contribution in [1.82, 2.24) is 0 Å². The molecule has 1 heterocycles. The molecule has 0 aliphatic heterocycles. The van der Waals surface area contributed by atoms with Crippen molar-refractivity contribution in [2.24, 2.45) is 5.92 Å². The Labute approximate surface area is 112 Å². The molecule has 0 spiro atoms. The number of thiophene rings is 1. The number of fused-ring (bicyclic) bond motifs is 1. The lowest BCUT2D eigenvalue weighted by molar-refractivity contribution is 0.00698. The van der Waals surface area contributed by atoms with Gasteiger partial charge in [0.2, 0.25) is 0 Å². The topological polar surface area (TPSA) is 52.3 Å². The van der Waals surface area contributed by atoms with Crippen molar-refractivity contribution in [3.63, 3.8) is 0 Å². The van der Waals surface area contributed by atoms with Crippen LogP contribution in [0.2, 0.25) is 0 Å². The molecule has 1 aromatic heterocycles. The summed E-state index contributed by atoms with van der Waals surface area (Å²) < 4.78 is 5.44. The normalized spacial score (nSPS) is 19.4. The third kappa shape index (κ3) is 2.69. The van der Waals surface area contributed by atoms with Gasteiger partial charge in [-0.15, -0.1) is 11.3 Å². The number of hydrogen-bond donors (Lipinski definition) is 1. The molecule has 2 N–H and O–H groups in total. The molecule has 0 aromatic carbocycles. The maximum absolute atomic E-state index is 12.2. The van der Waals surface area contributed by atoms with Crippen molar-refractivity contribution in [2.75, 3.05) is 5.73 Å². The molecule has 0 saturated heterocycles. The fourth-order valence-electron chi connectivity index (χ4n) is 2.32. The summed E-state index contributed by atoms with van der Waals surface area (Å²) in [6, 6.07) is 0. The summed E-state index contributed by atoms with van der Waals surface area (Å²) in [5, 5.41) is 0.614. The van der Waals surface area contributed by atoms with Crippen molar-refractivity contribution in [3.05, 3.63) is 16.0 Å². The number of hydrogen-bond acceptors (Lipinski definition) is 4. The van der Waals surface area contributed by atoms with E-state index in [0.29, 0.717) is 16.5 Å². The van der Waals surface area contributed by atoms with Gasteiger partial charge in [-0.25, -0.2) is 4.79 Å². The fraction of sp³-hybridized carbons (Fsp3) is 0.643. The number of ether oxygens (including phenoxy) is 1. The zero-order valence-electron chi connectivity index (χ0n) is 11.5. The summed E-state index contributed by atoms with van der Waals surface area (Å²) in [4.78, 5) is 13.5. The monoisotopic (exact) mass is 267 g/mol. The van der Waals surface area contributed by atoms with Crippen LogP contribution in [-0.2, 0) is 17.6 Å². The number of nitrogens with two attached hydrogens (primary N) is 1. The minimum Gasteiger partial charge on any atom is -0.456 e. The highest BCUT2D eigenvalue weighted by Crippen LogP contribution is 2.38. The highest BCUT2D eigenvalue weighted by Gasteiger charge is 2.29. The second-order valence-electron chi connectivity index (χ2n) is 6.09. The van der Waals surface area contributed by atoms with E-state index in [4.69, 9.17) is 10.5 Å². The van der Waals surface area contributed by atoms with Crippen molar-refractivity contribution < 1.29 is 9.53 Å². The van der Waals surface area contributed by atoms with E-state index >= 15 is 0 Å². The maximum atomic E-state index is 12.2. The lowest BCUT2D eigenvalue weighted by Crippen LogP contribution is -2.25. The van der Waals surface area contributed by atoms with Crippen LogP contribution in [-0.4, -0.2) is 11.6 Å². The van der Waals surface area contributed by atoms with Gasteiger partial charge in [-0.3, -0.25) is 0 Å². The van der Waals surface area contributed by atoms with E-state index in [0.717, 1.165) is 24.8 Å². The van der Waals surface area contributed by atoms with Gasteiger partial charge in [0.1, 0.15) is 10.6 Å². The van der Waals surface area contributed by atoms with Crippen molar-refractivity contribution in [3.8, 4) is 0 Å². The predicted molar refractivity (Wildman–Crippen MR) is 75.1 cm³/mol. The van der Waals surface area contributed by atoms with Crippen LogP contribution in [0.15, 0.2) is 0 Å². The van der Waals surface area contributed by atoms with Gasteiger partial charge < -0.3 is 10.5 Å². The largest absolute Gasteiger partial charge is 0.456 e. The number of rotatable bonds is 1. The molecule has 0 fully saturated rings. The number of anilines is 1. The molecule has 18 heavy (non-hydrogen) atoms. The molecule has 100 valence electrons. The molecule has 2 rings (SSSR count). The molecule has 1 aliphatic carbocycles. The number of carbonyl (C=O) groups is 1. The van der Waals surface area contributed by atoms with Gasteiger partial charge in [0.15, 0.2) is 0 Å². The maximum Gasteiger partial charge on any atom is 0.341 e. The summed E-state index contributed by atoms with van der Waals surface area (Å²) in [5.41, 5.74) is 7.28. The first-order valence-corrected chi connectivity index (χ1v) is 7.23. The molecule has 0 amide bonds. The number of nitrogen functional groups attached to an aromatic ring is 1. The lowest BCUT2D eigenvalue weighted by atomic mass is 9.88. The highest BCUT2D eigenvalue weighted by molar-refractivity contribution is 7.16. The fourth-order valence-corrected chi connectivity index (χ4v) is 3.59. The van der Waals surface area contributed by atoms with E-state index in [-0.39, 0.29) is 5.97 Å². The smallest absolute Gasteiger partial charge is 0.341 e. The van der Waals surface area contributed by atoms with Crippen molar-refractivity contribution in [1.29, 1.82) is 0 Å². The summed E-state index contributed by atoms with van der Waals surface area (Å²) in [6.45, 7) is 7.87. The van der Waals surface area contributed by atoms with Gasteiger partial charge >= 0.3 is 5.97 Å². The van der Waals surface area contributed by atoms with E-state index in [1.807, 2.05) is 20.8 Å². The van der Waals surface area contributed by atoms with E-state index in [2.05, 4.69) is 6.92 Å². The number of esters is 1. The molecule has 1 aliphatic rings. The molecular weight excluding hydrogens is 246 g/mol. The number of carbonyl (C=O) groups excluding carboxylic acids is 1. The van der Waals surface area contributed by atoms with Crippen LogP contribution in [0.4, 0.5) is 5.00 Å². The van der Waals surface area contributed by atoms with E-state index in [1.165, 1.54) is 4.88 Å². The third-order valence-corrected chi connectivity index (χ3v) is 4.23. The minimum absolute atomic E-state index is 0.271. The van der Waals surface area contributed by atoms with Crippen LogP contribution < -0.4 is 5.73 Å². The van der Waals surface area contributed by atoms with Crippen LogP contribution >= 0.6 is 11.3 Å². The summed E-state index contributed by atoms with van der Waals surface area (Å²) in [6.07, 6.45) is 3.10. The van der Waals surface area contributed by atoms with Crippen LogP contribution in [0, 0.1) is 5.92 Å². The van der Waals surface area contributed by atoms with Gasteiger partial charge in [-0.05, 0) is 51.5 Å². The third-order valence-electron chi connectivity index (χ3n) is 3.14. The van der Waals surface area contributed by atoms with Gasteiger partial charge in [0.05, 0.1) is 5.56 Å². The first-order valence-electron chi connectivity index (χ1n) is 6.41. The summed E-state index contributed by atoms with van der Waals surface area (Å²) in [5.74, 6) is 0.411. The summed E-state index contributed by atoms with van der Waals surface area (Å²) >= 11 is 1.55. The SMILES string of the molecule is C[C@@H]1CCc2c(sc(N)c2C(=O)OC(C)(C)C)C1. The second kappa shape index (κ2) is 4.57. The predicted octanol–water partition coefficient (Wildman–Crippen LogP) is 3.41. The minimum atomic E-state index is -0.472. The average Bonchev–Trinajstić information content (AvgIpc) is 2.50. The van der Waals surface area contributed by atoms with Gasteiger partial charge in [0.25, 0.3) is 0 Å². The van der Waals surface area contributed by atoms with Crippen LogP contribution in [0.1, 0.15) is 54.9 Å². The van der Waals surface area contributed by atoms with Crippen molar-refractivity contribution in [2.45, 2.75) is 52.6 Å². The van der Waals surface area contributed by atoms with Gasteiger partial charge in [0, 0.05) is 4.88 Å². The quantitative estimate of drug-likeness (QED) is 0.793.